The first-order valence-electron chi connectivity index (χ1n) is 8.71. The van der Waals surface area contributed by atoms with Crippen LogP contribution in [-0.4, -0.2) is 28.7 Å². The van der Waals surface area contributed by atoms with Crippen molar-refractivity contribution in [2.24, 2.45) is 5.10 Å². The van der Waals surface area contributed by atoms with Gasteiger partial charge < -0.3 is 14.8 Å². The van der Waals surface area contributed by atoms with Crippen molar-refractivity contribution in [1.29, 1.82) is 0 Å². The van der Waals surface area contributed by atoms with Gasteiger partial charge in [0.1, 0.15) is 5.75 Å². The van der Waals surface area contributed by atoms with E-state index in [9.17, 15) is 14.4 Å². The van der Waals surface area contributed by atoms with E-state index in [0.29, 0.717) is 22.6 Å². The highest BCUT2D eigenvalue weighted by Crippen LogP contribution is 2.47. The van der Waals surface area contributed by atoms with Gasteiger partial charge in [-0.25, -0.2) is 0 Å². The predicted molar refractivity (Wildman–Crippen MR) is 107 cm³/mol. The first-order chi connectivity index (χ1) is 13.7. The van der Waals surface area contributed by atoms with Gasteiger partial charge in [-0.2, -0.15) is 5.01 Å². The minimum atomic E-state index is -1.71. The molecule has 0 saturated carbocycles. The van der Waals surface area contributed by atoms with Crippen LogP contribution in [0.3, 0.4) is 0 Å². The van der Waals surface area contributed by atoms with Crippen molar-refractivity contribution in [2.45, 2.75) is 26.5 Å². The molecule has 29 heavy (non-hydrogen) atoms. The number of hydrogen-bond donors (Lipinski definition) is 1. The Morgan fingerprint density at radius 3 is 2.52 bits per heavy atom. The Balaban J connectivity index is 1.77. The fourth-order valence-corrected chi connectivity index (χ4v) is 3.65. The van der Waals surface area contributed by atoms with Gasteiger partial charge in [0.25, 0.3) is 5.91 Å². The summed E-state index contributed by atoms with van der Waals surface area (Å²) >= 11 is 3.44. The Bertz CT molecular complexity index is 1100. The molecule has 4 rings (SSSR count). The molecule has 9 heteroatoms. The number of halogens is 1. The standard InChI is InChI=1S/C20H16BrN3O5/c1-10-8-15-17(9-16(10)21)22-19(27)20(15)24(11(2)25)23-18(29-20)13-4-6-14(7-5-13)28-12(3)26/h4-9H,1-3H3,(H,22,27)/t20-/m0/s1. The van der Waals surface area contributed by atoms with Crippen LogP contribution in [0.2, 0.25) is 0 Å². The molecule has 2 aliphatic rings. The fourth-order valence-electron chi connectivity index (χ4n) is 3.31. The summed E-state index contributed by atoms with van der Waals surface area (Å²) in [6.45, 7) is 4.50. The molecule has 0 fully saturated rings. The molecule has 1 spiro atoms. The molecule has 0 unspecified atom stereocenters. The lowest BCUT2D eigenvalue weighted by molar-refractivity contribution is -0.160. The van der Waals surface area contributed by atoms with Gasteiger partial charge in [0, 0.05) is 23.9 Å². The minimum absolute atomic E-state index is 0.109. The first-order valence-corrected chi connectivity index (χ1v) is 9.51. The Kier molecular flexibility index (Phi) is 4.42. The van der Waals surface area contributed by atoms with E-state index in [1.54, 1.807) is 36.4 Å². The van der Waals surface area contributed by atoms with Crippen molar-refractivity contribution in [1.82, 2.24) is 5.01 Å². The number of fused-ring (bicyclic) bond motifs is 2. The van der Waals surface area contributed by atoms with Crippen LogP contribution in [0.15, 0.2) is 46.0 Å². The molecule has 0 aromatic heterocycles. The summed E-state index contributed by atoms with van der Waals surface area (Å²) in [6, 6.07) is 9.98. The third-order valence-corrected chi connectivity index (χ3v) is 5.47. The average Bonchev–Trinajstić information content (AvgIpc) is 3.17. The molecule has 0 saturated heterocycles. The van der Waals surface area contributed by atoms with Gasteiger partial charge in [-0.1, -0.05) is 15.9 Å². The number of nitrogens with one attached hydrogen (secondary N) is 1. The Hall–Kier alpha value is -3.20. The van der Waals surface area contributed by atoms with E-state index in [1.807, 2.05) is 6.92 Å². The molecule has 0 aliphatic carbocycles. The maximum absolute atomic E-state index is 13.0. The summed E-state index contributed by atoms with van der Waals surface area (Å²) in [5.74, 6) is -0.911. The Labute approximate surface area is 174 Å². The molecular weight excluding hydrogens is 442 g/mol. The number of carbonyl (C=O) groups is 3. The Morgan fingerprint density at radius 1 is 1.21 bits per heavy atom. The van der Waals surface area contributed by atoms with E-state index < -0.39 is 23.5 Å². The summed E-state index contributed by atoms with van der Waals surface area (Å²) in [4.78, 5) is 36.4. The van der Waals surface area contributed by atoms with Crippen molar-refractivity contribution < 1.29 is 23.9 Å². The van der Waals surface area contributed by atoms with Crippen LogP contribution in [0.5, 0.6) is 5.75 Å². The van der Waals surface area contributed by atoms with Crippen molar-refractivity contribution in [2.75, 3.05) is 5.32 Å². The van der Waals surface area contributed by atoms with Gasteiger partial charge >= 0.3 is 11.7 Å². The van der Waals surface area contributed by atoms with E-state index in [4.69, 9.17) is 9.47 Å². The maximum Gasteiger partial charge on any atom is 0.314 e. The number of amides is 2. The smallest absolute Gasteiger partial charge is 0.314 e. The molecule has 0 radical (unpaired) electrons. The largest absolute Gasteiger partial charge is 0.433 e. The maximum atomic E-state index is 13.0. The second-order valence-corrected chi connectivity index (χ2v) is 7.56. The number of aryl methyl sites for hydroxylation is 1. The molecule has 1 atom stereocenters. The van der Waals surface area contributed by atoms with E-state index in [0.717, 1.165) is 15.0 Å². The van der Waals surface area contributed by atoms with Crippen LogP contribution in [0, 0.1) is 6.92 Å². The highest BCUT2D eigenvalue weighted by Gasteiger charge is 2.60. The van der Waals surface area contributed by atoms with Crippen molar-refractivity contribution in [3.63, 3.8) is 0 Å². The zero-order chi connectivity index (χ0) is 20.9. The van der Waals surface area contributed by atoms with Crippen molar-refractivity contribution in [3.05, 3.63) is 57.6 Å². The number of esters is 1. The number of nitrogens with zero attached hydrogens (tertiary/aromatic N) is 2. The van der Waals surface area contributed by atoms with Crippen LogP contribution < -0.4 is 10.1 Å². The number of hydrogen-bond acceptors (Lipinski definition) is 6. The van der Waals surface area contributed by atoms with E-state index in [1.165, 1.54) is 13.8 Å². The number of hydrazone groups is 1. The second-order valence-electron chi connectivity index (χ2n) is 6.70. The Morgan fingerprint density at radius 2 is 1.90 bits per heavy atom. The van der Waals surface area contributed by atoms with Crippen LogP contribution >= 0.6 is 15.9 Å². The third-order valence-electron chi connectivity index (χ3n) is 4.61. The van der Waals surface area contributed by atoms with Gasteiger partial charge in [-0.3, -0.25) is 14.4 Å². The van der Waals surface area contributed by atoms with E-state index in [-0.39, 0.29) is 5.90 Å². The zero-order valence-electron chi connectivity index (χ0n) is 15.8. The summed E-state index contributed by atoms with van der Waals surface area (Å²) in [5.41, 5.74) is 0.746. The molecule has 2 amide bonds. The fraction of sp³-hybridized carbons (Fsp3) is 0.200. The molecule has 2 aliphatic heterocycles. The number of carbonyl (C=O) groups excluding carboxylic acids is 3. The number of anilines is 1. The second kappa shape index (κ2) is 6.70. The van der Waals surface area contributed by atoms with Gasteiger partial charge in [-0.15, -0.1) is 5.10 Å². The van der Waals surface area contributed by atoms with Crippen LogP contribution in [0.25, 0.3) is 0 Å². The summed E-state index contributed by atoms with van der Waals surface area (Å²) in [5, 5.41) is 8.10. The molecule has 1 N–H and O–H groups in total. The van der Waals surface area contributed by atoms with E-state index in [2.05, 4.69) is 26.3 Å². The first kappa shape index (κ1) is 19.1. The van der Waals surface area contributed by atoms with Crippen LogP contribution in [0.4, 0.5) is 5.69 Å². The molecular formula is C20H16BrN3O5. The summed E-state index contributed by atoms with van der Waals surface area (Å²) in [7, 11) is 0. The van der Waals surface area contributed by atoms with Crippen molar-refractivity contribution >= 4 is 45.3 Å². The average molecular weight is 458 g/mol. The minimum Gasteiger partial charge on any atom is -0.433 e. The molecule has 8 nitrogen and oxygen atoms in total. The highest BCUT2D eigenvalue weighted by molar-refractivity contribution is 9.10. The molecule has 2 heterocycles. The monoisotopic (exact) mass is 457 g/mol. The molecule has 148 valence electrons. The third kappa shape index (κ3) is 2.98. The molecule has 2 aromatic rings. The topological polar surface area (TPSA) is 97.3 Å². The van der Waals surface area contributed by atoms with Crippen LogP contribution in [0.1, 0.15) is 30.5 Å². The number of benzene rings is 2. The summed E-state index contributed by atoms with van der Waals surface area (Å²) in [6.07, 6.45) is 0. The predicted octanol–water partition coefficient (Wildman–Crippen LogP) is 3.03. The van der Waals surface area contributed by atoms with Crippen molar-refractivity contribution in [3.8, 4) is 5.75 Å². The lowest BCUT2D eigenvalue weighted by atomic mass is 10.0. The van der Waals surface area contributed by atoms with Gasteiger partial charge in [0.05, 0.1) is 11.3 Å². The zero-order valence-corrected chi connectivity index (χ0v) is 17.4. The quantitative estimate of drug-likeness (QED) is 0.551. The summed E-state index contributed by atoms with van der Waals surface area (Å²) < 4.78 is 11.9. The van der Waals surface area contributed by atoms with Crippen LogP contribution in [-0.2, 0) is 24.8 Å². The lowest BCUT2D eigenvalue weighted by Gasteiger charge is -2.28. The number of rotatable bonds is 2. The molecule has 2 aromatic carbocycles. The number of ether oxygens (including phenoxy) is 2. The van der Waals surface area contributed by atoms with Gasteiger partial charge in [0.2, 0.25) is 11.8 Å². The lowest BCUT2D eigenvalue weighted by Crippen LogP contribution is -2.49. The SMILES string of the molecule is CC(=O)Oc1ccc(C2=NN(C(C)=O)[C@@]3(O2)C(=O)Nc2cc(Br)c(C)cc23)cc1. The normalized spacial score (nSPS) is 19.5. The van der Waals surface area contributed by atoms with E-state index >= 15 is 0 Å². The highest BCUT2D eigenvalue weighted by atomic mass is 79.9. The van der Waals surface area contributed by atoms with Gasteiger partial charge in [0.15, 0.2) is 0 Å². The molecule has 0 bridgehead atoms. The van der Waals surface area contributed by atoms with Gasteiger partial charge in [-0.05, 0) is 48.9 Å².